The summed E-state index contributed by atoms with van der Waals surface area (Å²) in [6.45, 7) is 2.02. The van der Waals surface area contributed by atoms with E-state index in [4.69, 9.17) is 0 Å². The quantitative estimate of drug-likeness (QED) is 0.537. The summed E-state index contributed by atoms with van der Waals surface area (Å²) >= 11 is 3.28. The third-order valence-corrected chi connectivity index (χ3v) is 5.31. The number of rotatable bonds is 4. The molecule has 0 aromatic carbocycles. The highest BCUT2D eigenvalue weighted by Crippen LogP contribution is 2.35. The molecule has 4 rings (SSSR count). The molecule has 0 fully saturated rings. The van der Waals surface area contributed by atoms with Gasteiger partial charge in [-0.15, -0.1) is 22.7 Å². The van der Waals surface area contributed by atoms with Crippen LogP contribution in [0.25, 0.3) is 21.1 Å². The molecule has 4 aromatic heterocycles. The average molecular weight is 350 g/mol. The Morgan fingerprint density at radius 2 is 1.79 bits per heavy atom. The molecular formula is C18H14N4S2. The number of hydrogen-bond donors (Lipinski definition) is 1. The van der Waals surface area contributed by atoms with Crippen molar-refractivity contribution in [2.45, 2.75) is 6.92 Å². The van der Waals surface area contributed by atoms with Crippen LogP contribution in [0.5, 0.6) is 0 Å². The van der Waals surface area contributed by atoms with E-state index in [1.165, 1.54) is 0 Å². The maximum Gasteiger partial charge on any atom is 0.188 e. The zero-order valence-electron chi connectivity index (χ0n) is 12.9. The van der Waals surface area contributed by atoms with E-state index in [1.807, 2.05) is 49.6 Å². The largest absolute Gasteiger partial charge is 0.316 e. The molecule has 0 amide bonds. The Balaban J connectivity index is 1.55. The molecule has 0 unspecified atom stereocenters. The zero-order chi connectivity index (χ0) is 16.4. The molecule has 0 aliphatic heterocycles. The van der Waals surface area contributed by atoms with Gasteiger partial charge in [-0.25, -0.2) is 9.97 Å². The summed E-state index contributed by atoms with van der Waals surface area (Å²) < 4.78 is 0. The maximum absolute atomic E-state index is 4.66. The Hall–Kier alpha value is -2.57. The fourth-order valence-corrected chi connectivity index (χ4v) is 3.95. The molecule has 0 saturated carbocycles. The number of aromatic nitrogens is 3. The number of aryl methyl sites for hydroxylation is 1. The molecule has 0 aliphatic carbocycles. The SMILES string of the molecule is Cc1ccc(Nc2nc(-c3ccc(-c4ccccn4)s3)cs2)nc1. The lowest BCUT2D eigenvalue weighted by molar-refractivity contribution is 1.25. The van der Waals surface area contributed by atoms with Gasteiger partial charge in [0, 0.05) is 17.8 Å². The van der Waals surface area contributed by atoms with Crippen LogP contribution in [0, 0.1) is 6.92 Å². The number of thiazole rings is 1. The van der Waals surface area contributed by atoms with E-state index in [-0.39, 0.29) is 0 Å². The fraction of sp³-hybridized carbons (Fsp3) is 0.0556. The number of nitrogens with zero attached hydrogens (tertiary/aromatic N) is 3. The normalized spacial score (nSPS) is 10.7. The van der Waals surface area contributed by atoms with Crippen molar-refractivity contribution >= 4 is 33.6 Å². The first kappa shape index (κ1) is 15.0. The first-order valence-corrected chi connectivity index (χ1v) is 9.14. The topological polar surface area (TPSA) is 50.7 Å². The van der Waals surface area contributed by atoms with E-state index in [1.54, 1.807) is 22.7 Å². The van der Waals surface area contributed by atoms with Crippen LogP contribution in [0.4, 0.5) is 10.9 Å². The van der Waals surface area contributed by atoms with Gasteiger partial charge >= 0.3 is 0 Å². The lowest BCUT2D eigenvalue weighted by Crippen LogP contribution is -1.92. The number of thiophene rings is 1. The van der Waals surface area contributed by atoms with Crippen LogP contribution in [0.2, 0.25) is 0 Å². The first-order chi connectivity index (χ1) is 11.8. The lowest BCUT2D eigenvalue weighted by Gasteiger charge is -2.00. The van der Waals surface area contributed by atoms with Gasteiger partial charge in [-0.3, -0.25) is 4.98 Å². The minimum absolute atomic E-state index is 0.807. The van der Waals surface area contributed by atoms with Gasteiger partial charge in [0.05, 0.1) is 21.1 Å². The van der Waals surface area contributed by atoms with Gasteiger partial charge in [0.2, 0.25) is 0 Å². The van der Waals surface area contributed by atoms with Crippen LogP contribution in [0.3, 0.4) is 0 Å². The first-order valence-electron chi connectivity index (χ1n) is 7.45. The standard InChI is InChI=1S/C18H14N4S2/c1-12-5-8-17(20-10-12)22-18-21-14(11-23-18)16-7-6-15(24-16)13-4-2-3-9-19-13/h2-11H,1H3,(H,20,21,22). The second kappa shape index (κ2) is 6.51. The molecule has 0 bridgehead atoms. The van der Waals surface area contributed by atoms with E-state index < -0.39 is 0 Å². The molecular weight excluding hydrogens is 336 g/mol. The smallest absolute Gasteiger partial charge is 0.188 e. The molecule has 24 heavy (non-hydrogen) atoms. The van der Waals surface area contributed by atoms with Crippen LogP contribution >= 0.6 is 22.7 Å². The molecule has 0 radical (unpaired) electrons. The van der Waals surface area contributed by atoms with Crippen LogP contribution < -0.4 is 5.32 Å². The summed E-state index contributed by atoms with van der Waals surface area (Å²) in [6, 6.07) is 14.1. The second-order valence-corrected chi connectivity index (χ2v) is 7.20. The molecule has 4 aromatic rings. The summed E-state index contributed by atoms with van der Waals surface area (Å²) in [7, 11) is 0. The molecule has 4 heterocycles. The summed E-state index contributed by atoms with van der Waals surface area (Å²) in [4.78, 5) is 15.7. The maximum atomic E-state index is 4.66. The number of nitrogens with one attached hydrogen (secondary N) is 1. The Morgan fingerprint density at radius 3 is 2.54 bits per heavy atom. The van der Waals surface area contributed by atoms with E-state index in [2.05, 4.69) is 37.8 Å². The molecule has 1 N–H and O–H groups in total. The fourth-order valence-electron chi connectivity index (χ4n) is 2.22. The molecule has 118 valence electrons. The molecule has 0 saturated heterocycles. The summed E-state index contributed by atoms with van der Waals surface area (Å²) in [5, 5.41) is 6.15. The lowest BCUT2D eigenvalue weighted by atomic mass is 10.3. The van der Waals surface area contributed by atoms with Crippen LogP contribution in [-0.2, 0) is 0 Å². The van der Waals surface area contributed by atoms with Crippen molar-refractivity contribution in [2.75, 3.05) is 5.32 Å². The third-order valence-electron chi connectivity index (χ3n) is 3.43. The highest BCUT2D eigenvalue weighted by atomic mass is 32.1. The van der Waals surface area contributed by atoms with Crippen LogP contribution in [-0.4, -0.2) is 15.0 Å². The minimum Gasteiger partial charge on any atom is -0.316 e. The van der Waals surface area contributed by atoms with E-state index >= 15 is 0 Å². The Labute approximate surface area is 147 Å². The molecule has 0 spiro atoms. The summed E-state index contributed by atoms with van der Waals surface area (Å²) in [5.74, 6) is 0.807. The second-order valence-electron chi connectivity index (χ2n) is 5.26. The predicted octanol–water partition coefficient (Wildman–Crippen LogP) is 5.38. The van der Waals surface area contributed by atoms with E-state index in [9.17, 15) is 0 Å². The van der Waals surface area contributed by atoms with Crippen molar-refractivity contribution < 1.29 is 0 Å². The Morgan fingerprint density at radius 1 is 0.917 bits per heavy atom. The Kier molecular flexibility index (Phi) is 4.06. The molecule has 0 aliphatic rings. The monoisotopic (exact) mass is 350 g/mol. The zero-order valence-corrected chi connectivity index (χ0v) is 14.6. The van der Waals surface area contributed by atoms with Gasteiger partial charge in [-0.1, -0.05) is 12.1 Å². The summed E-state index contributed by atoms with van der Waals surface area (Å²) in [5.41, 5.74) is 3.11. The number of pyridine rings is 2. The van der Waals surface area contributed by atoms with Crippen molar-refractivity contribution in [3.63, 3.8) is 0 Å². The van der Waals surface area contributed by atoms with Crippen LogP contribution in [0.1, 0.15) is 5.56 Å². The van der Waals surface area contributed by atoms with Crippen molar-refractivity contribution in [2.24, 2.45) is 0 Å². The Bertz CT molecular complexity index is 943. The van der Waals surface area contributed by atoms with Crippen molar-refractivity contribution in [1.29, 1.82) is 0 Å². The number of anilines is 2. The van der Waals surface area contributed by atoms with Gasteiger partial charge in [0.15, 0.2) is 5.13 Å². The minimum atomic E-state index is 0.807. The summed E-state index contributed by atoms with van der Waals surface area (Å²) in [6.07, 6.45) is 3.66. The van der Waals surface area contributed by atoms with E-state index in [0.29, 0.717) is 0 Å². The van der Waals surface area contributed by atoms with Gasteiger partial charge in [0.25, 0.3) is 0 Å². The van der Waals surface area contributed by atoms with Gasteiger partial charge in [-0.05, 0) is 42.8 Å². The molecule has 4 nitrogen and oxygen atoms in total. The van der Waals surface area contributed by atoms with E-state index in [0.717, 1.165) is 37.7 Å². The molecule has 0 atom stereocenters. The predicted molar refractivity (Wildman–Crippen MR) is 101 cm³/mol. The van der Waals surface area contributed by atoms with Gasteiger partial charge in [-0.2, -0.15) is 0 Å². The van der Waals surface area contributed by atoms with Crippen LogP contribution in [0.15, 0.2) is 60.2 Å². The average Bonchev–Trinajstić information content (AvgIpc) is 3.27. The van der Waals surface area contributed by atoms with Crippen molar-refractivity contribution in [3.8, 4) is 21.1 Å². The van der Waals surface area contributed by atoms with Crippen molar-refractivity contribution in [1.82, 2.24) is 15.0 Å². The number of hydrogen-bond acceptors (Lipinski definition) is 6. The van der Waals surface area contributed by atoms with Gasteiger partial charge < -0.3 is 5.32 Å². The highest BCUT2D eigenvalue weighted by molar-refractivity contribution is 7.19. The molecule has 6 heteroatoms. The third kappa shape index (κ3) is 3.20. The highest BCUT2D eigenvalue weighted by Gasteiger charge is 2.09. The van der Waals surface area contributed by atoms with Gasteiger partial charge in [0.1, 0.15) is 5.82 Å². The van der Waals surface area contributed by atoms with Crippen molar-refractivity contribution in [3.05, 3.63) is 65.8 Å².